The van der Waals surface area contributed by atoms with Gasteiger partial charge in [0.1, 0.15) is 5.82 Å². The number of carbonyl (C=O) groups excluding carboxylic acids is 1. The summed E-state index contributed by atoms with van der Waals surface area (Å²) >= 11 is 3.22. The molecule has 2 heterocycles. The summed E-state index contributed by atoms with van der Waals surface area (Å²) in [5, 5.41) is 2.35. The second-order valence-electron chi connectivity index (χ2n) is 4.76. The number of hydrogen-bond acceptors (Lipinski definition) is 7. The molecule has 9 nitrogen and oxygen atoms in total. The third-order valence-corrected chi connectivity index (χ3v) is 4.88. The molecular weight excluding hydrogens is 402 g/mol. The van der Waals surface area contributed by atoms with Crippen molar-refractivity contribution in [2.24, 2.45) is 10.7 Å². The van der Waals surface area contributed by atoms with E-state index in [-0.39, 0.29) is 11.7 Å². The van der Waals surface area contributed by atoms with E-state index < -0.39 is 21.0 Å². The number of ether oxygens (including phenoxy) is 1. The predicted molar refractivity (Wildman–Crippen MR) is 92.9 cm³/mol. The highest BCUT2D eigenvalue weighted by molar-refractivity contribution is 9.10. The normalized spacial score (nSPS) is 15.2. The van der Waals surface area contributed by atoms with Gasteiger partial charge in [-0.15, -0.1) is 0 Å². The molecule has 1 aliphatic rings. The summed E-state index contributed by atoms with van der Waals surface area (Å²) in [6.45, 7) is 2.49. The maximum absolute atomic E-state index is 12.3. The average Bonchev–Trinajstić information content (AvgIpc) is 2.51. The van der Waals surface area contributed by atoms with Crippen LogP contribution in [0.1, 0.15) is 12.1 Å². The lowest BCUT2D eigenvalue weighted by atomic mass is 10.4. The van der Waals surface area contributed by atoms with Crippen LogP contribution in [-0.4, -0.2) is 38.5 Å². The Morgan fingerprint density at radius 2 is 2.21 bits per heavy atom. The van der Waals surface area contributed by atoms with Gasteiger partial charge in [-0.25, -0.2) is 22.9 Å². The number of halogens is 1. The Hall–Kier alpha value is -2.14. The minimum atomic E-state index is -4.24. The van der Waals surface area contributed by atoms with E-state index in [0.29, 0.717) is 29.7 Å². The van der Waals surface area contributed by atoms with E-state index in [0.717, 1.165) is 6.20 Å². The topological polar surface area (TPSA) is 136 Å². The number of carbonyl (C=O) groups is 1. The van der Waals surface area contributed by atoms with Crippen molar-refractivity contribution in [1.82, 2.24) is 9.71 Å². The molecule has 24 heavy (non-hydrogen) atoms. The molecule has 0 saturated carbocycles. The zero-order valence-corrected chi connectivity index (χ0v) is 15.1. The first-order valence-electron chi connectivity index (χ1n) is 6.90. The molecule has 130 valence electrons. The van der Waals surface area contributed by atoms with Gasteiger partial charge in [0.15, 0.2) is 4.91 Å². The van der Waals surface area contributed by atoms with Gasteiger partial charge >= 0.3 is 6.03 Å². The first-order valence-corrected chi connectivity index (χ1v) is 9.17. The second-order valence-corrected chi connectivity index (χ2v) is 7.27. The van der Waals surface area contributed by atoms with Crippen molar-refractivity contribution >= 4 is 43.7 Å². The van der Waals surface area contributed by atoms with Crippen molar-refractivity contribution in [3.05, 3.63) is 33.4 Å². The molecular formula is C13H16BrN5O4S. The van der Waals surface area contributed by atoms with Crippen LogP contribution in [0.3, 0.4) is 0 Å². The van der Waals surface area contributed by atoms with Crippen LogP contribution in [0.2, 0.25) is 0 Å². The van der Waals surface area contributed by atoms with Crippen LogP contribution in [-0.2, 0) is 14.8 Å². The molecule has 0 saturated heterocycles. The number of anilines is 1. The fourth-order valence-corrected chi connectivity index (χ4v) is 3.08. The van der Waals surface area contributed by atoms with Gasteiger partial charge in [-0.3, -0.25) is 10.3 Å². The SMILES string of the molecule is Cc1ccc(Br)c(NC(=O)NS(=O)(=O)C(=CN)C2=NCCCO2)n1. The Labute approximate surface area is 147 Å². The van der Waals surface area contributed by atoms with E-state index in [1.54, 1.807) is 19.1 Å². The summed E-state index contributed by atoms with van der Waals surface area (Å²) in [7, 11) is -4.24. The molecule has 0 fully saturated rings. The number of aromatic nitrogens is 1. The van der Waals surface area contributed by atoms with Crippen molar-refractivity contribution < 1.29 is 17.9 Å². The van der Waals surface area contributed by atoms with Gasteiger partial charge in [0.2, 0.25) is 5.90 Å². The molecule has 0 aliphatic carbocycles. The average molecular weight is 418 g/mol. The van der Waals surface area contributed by atoms with Gasteiger partial charge in [-0.2, -0.15) is 0 Å². The van der Waals surface area contributed by atoms with E-state index in [1.165, 1.54) is 0 Å². The van der Waals surface area contributed by atoms with Crippen molar-refractivity contribution in [2.75, 3.05) is 18.5 Å². The van der Waals surface area contributed by atoms with Crippen LogP contribution >= 0.6 is 15.9 Å². The van der Waals surface area contributed by atoms with Crippen LogP contribution < -0.4 is 15.8 Å². The van der Waals surface area contributed by atoms with Crippen molar-refractivity contribution in [2.45, 2.75) is 13.3 Å². The third kappa shape index (κ3) is 4.45. The summed E-state index contributed by atoms with van der Waals surface area (Å²) < 4.78 is 32.1. The maximum Gasteiger partial charge on any atom is 0.334 e. The maximum atomic E-state index is 12.3. The van der Waals surface area contributed by atoms with Crippen LogP contribution in [0.15, 0.2) is 32.7 Å². The molecule has 0 spiro atoms. The molecule has 0 radical (unpaired) electrons. The Kier molecular flexibility index (Phi) is 5.78. The van der Waals surface area contributed by atoms with Crippen molar-refractivity contribution in [1.29, 1.82) is 0 Å². The number of sulfonamides is 1. The smallest absolute Gasteiger partial charge is 0.334 e. The van der Waals surface area contributed by atoms with Crippen LogP contribution in [0.5, 0.6) is 0 Å². The number of hydrogen-bond donors (Lipinski definition) is 3. The third-order valence-electron chi connectivity index (χ3n) is 2.89. The number of urea groups is 1. The number of aryl methyl sites for hydroxylation is 1. The van der Waals surface area contributed by atoms with Gasteiger partial charge in [0, 0.05) is 24.9 Å². The molecule has 11 heteroatoms. The van der Waals surface area contributed by atoms with E-state index in [2.05, 4.69) is 31.2 Å². The summed E-state index contributed by atoms with van der Waals surface area (Å²) in [5.41, 5.74) is 6.02. The largest absolute Gasteiger partial charge is 0.477 e. The fourth-order valence-electron chi connectivity index (χ4n) is 1.82. The molecule has 2 amide bonds. The number of amides is 2. The summed E-state index contributed by atoms with van der Waals surface area (Å²) in [6.07, 6.45) is 1.52. The highest BCUT2D eigenvalue weighted by Crippen LogP contribution is 2.20. The molecule has 0 unspecified atom stereocenters. The number of rotatable bonds is 4. The predicted octanol–water partition coefficient (Wildman–Crippen LogP) is 1.22. The Balaban J connectivity index is 2.14. The van der Waals surface area contributed by atoms with E-state index in [9.17, 15) is 13.2 Å². The first-order chi connectivity index (χ1) is 11.3. The van der Waals surface area contributed by atoms with E-state index in [1.807, 2.05) is 4.72 Å². The first kappa shape index (κ1) is 18.2. The molecule has 0 bridgehead atoms. The minimum Gasteiger partial charge on any atom is -0.477 e. The van der Waals surface area contributed by atoms with Gasteiger partial charge in [-0.1, -0.05) is 0 Å². The number of nitrogens with one attached hydrogen (secondary N) is 2. The molecule has 1 aliphatic heterocycles. The standard InChI is InChI=1S/C13H16BrN5O4S/c1-8-3-4-9(14)11(17-8)18-13(20)19-24(21,22)10(7-15)12-16-5-2-6-23-12/h3-4,7H,2,5-6,15H2,1H3,(H2,17,18,19,20). The molecule has 1 aromatic heterocycles. The van der Waals surface area contributed by atoms with Crippen molar-refractivity contribution in [3.63, 3.8) is 0 Å². The van der Waals surface area contributed by atoms with E-state index in [4.69, 9.17) is 10.5 Å². The van der Waals surface area contributed by atoms with Gasteiger partial charge in [0.25, 0.3) is 10.0 Å². The zero-order chi connectivity index (χ0) is 17.7. The molecule has 0 atom stereocenters. The molecule has 2 rings (SSSR count). The summed E-state index contributed by atoms with van der Waals surface area (Å²) in [6, 6.07) is 2.43. The lowest BCUT2D eigenvalue weighted by Crippen LogP contribution is -2.38. The highest BCUT2D eigenvalue weighted by atomic mass is 79.9. The Morgan fingerprint density at radius 3 is 2.83 bits per heavy atom. The van der Waals surface area contributed by atoms with Gasteiger partial charge in [0.05, 0.1) is 11.1 Å². The zero-order valence-electron chi connectivity index (χ0n) is 12.7. The summed E-state index contributed by atoms with van der Waals surface area (Å²) in [5.74, 6) is 0.0751. The van der Waals surface area contributed by atoms with Crippen LogP contribution in [0, 0.1) is 6.92 Å². The van der Waals surface area contributed by atoms with E-state index >= 15 is 0 Å². The molecule has 4 N–H and O–H groups in total. The second kappa shape index (κ2) is 7.62. The van der Waals surface area contributed by atoms with Gasteiger partial charge in [-0.05, 0) is 35.0 Å². The number of aliphatic imine (C=N–C) groups is 1. The Bertz CT molecular complexity index is 807. The lowest BCUT2D eigenvalue weighted by molar-refractivity contribution is 0.256. The fraction of sp³-hybridized carbons (Fsp3) is 0.308. The number of nitrogens with zero attached hydrogens (tertiary/aromatic N) is 2. The number of pyridine rings is 1. The molecule has 1 aromatic rings. The molecule has 0 aromatic carbocycles. The number of nitrogens with two attached hydrogens (primary N) is 1. The minimum absolute atomic E-state index is 0.112. The Morgan fingerprint density at radius 1 is 1.46 bits per heavy atom. The lowest BCUT2D eigenvalue weighted by Gasteiger charge is -2.16. The highest BCUT2D eigenvalue weighted by Gasteiger charge is 2.27. The van der Waals surface area contributed by atoms with Crippen LogP contribution in [0.4, 0.5) is 10.6 Å². The van der Waals surface area contributed by atoms with Crippen LogP contribution in [0.25, 0.3) is 0 Å². The summed E-state index contributed by atoms with van der Waals surface area (Å²) in [4.78, 5) is 19.6. The quantitative estimate of drug-likeness (QED) is 0.673. The monoisotopic (exact) mass is 417 g/mol. The van der Waals surface area contributed by atoms with Crippen molar-refractivity contribution in [3.8, 4) is 0 Å². The van der Waals surface area contributed by atoms with Gasteiger partial charge < -0.3 is 10.5 Å².